The highest BCUT2D eigenvalue weighted by Gasteiger charge is 2.13. The van der Waals surface area contributed by atoms with Crippen LogP contribution in [0.2, 0.25) is 10.0 Å². The number of carbonyl (C=O) groups excluding carboxylic acids is 1. The molecule has 3 aromatic rings. The molecule has 7 heteroatoms. The number of aryl methyl sites for hydroxylation is 1. The lowest BCUT2D eigenvalue weighted by molar-refractivity contribution is 0.0955. The van der Waals surface area contributed by atoms with Gasteiger partial charge in [-0.3, -0.25) is 9.78 Å². The molecule has 0 aliphatic heterocycles. The molecule has 1 aromatic carbocycles. The Labute approximate surface area is 161 Å². The molecule has 0 saturated carbocycles. The average molecular weight is 387 g/mol. The van der Waals surface area contributed by atoms with Crippen LogP contribution in [-0.4, -0.2) is 21.7 Å². The molecule has 2 heterocycles. The van der Waals surface area contributed by atoms with Crippen molar-refractivity contribution in [3.63, 3.8) is 0 Å². The summed E-state index contributed by atoms with van der Waals surface area (Å²) >= 11 is 12.5. The van der Waals surface area contributed by atoms with Crippen LogP contribution in [0, 0.1) is 13.8 Å². The third kappa shape index (κ3) is 3.64. The zero-order chi connectivity index (χ0) is 18.7. The average Bonchev–Trinajstić information content (AvgIpc) is 2.92. The molecule has 0 fully saturated rings. The summed E-state index contributed by atoms with van der Waals surface area (Å²) in [6.45, 7) is 3.92. The van der Waals surface area contributed by atoms with E-state index in [1.165, 1.54) is 0 Å². The van der Waals surface area contributed by atoms with Gasteiger partial charge in [0.05, 0.1) is 21.9 Å². The number of pyridine rings is 1. The van der Waals surface area contributed by atoms with Gasteiger partial charge in [-0.05, 0) is 44.2 Å². The summed E-state index contributed by atoms with van der Waals surface area (Å²) in [7, 11) is 0. The largest absolute Gasteiger partial charge is 0.316 e. The molecule has 1 N–H and O–H groups in total. The number of hydrogen-bond acceptors (Lipinski definition) is 3. The smallest absolute Gasteiger partial charge is 0.271 e. The van der Waals surface area contributed by atoms with Gasteiger partial charge in [0.2, 0.25) is 0 Å². The van der Waals surface area contributed by atoms with Gasteiger partial charge in [-0.1, -0.05) is 29.3 Å². The van der Waals surface area contributed by atoms with Crippen molar-refractivity contribution in [2.45, 2.75) is 13.8 Å². The normalized spacial score (nSPS) is 11.1. The Hall–Kier alpha value is -2.63. The van der Waals surface area contributed by atoms with Crippen LogP contribution in [0.15, 0.2) is 53.9 Å². The summed E-state index contributed by atoms with van der Waals surface area (Å²) in [4.78, 5) is 15.9. The molecule has 0 atom stereocenters. The molecule has 0 radical (unpaired) electrons. The van der Waals surface area contributed by atoms with E-state index in [1.54, 1.807) is 36.8 Å². The Kier molecular flexibility index (Phi) is 5.40. The van der Waals surface area contributed by atoms with Crippen molar-refractivity contribution in [3.05, 3.63) is 81.4 Å². The summed E-state index contributed by atoms with van der Waals surface area (Å²) in [5, 5.41) is 5.04. The van der Waals surface area contributed by atoms with E-state index < -0.39 is 0 Å². The first kappa shape index (κ1) is 18.2. The van der Waals surface area contributed by atoms with Crippen LogP contribution in [0.4, 0.5) is 0 Å². The summed E-state index contributed by atoms with van der Waals surface area (Å²) in [6.07, 6.45) is 4.72. The molecule has 26 heavy (non-hydrogen) atoms. The molecule has 0 saturated heterocycles. The molecule has 5 nitrogen and oxygen atoms in total. The van der Waals surface area contributed by atoms with Gasteiger partial charge in [0, 0.05) is 34.9 Å². The van der Waals surface area contributed by atoms with Crippen molar-refractivity contribution in [1.29, 1.82) is 0 Å². The minimum Gasteiger partial charge on any atom is -0.316 e. The standard InChI is InChI=1S/C19H16Cl2N4O/c1-12-10-15(11-23-24-19(26)14-6-8-22-9-7-14)13(2)25(12)17-5-3-4-16(20)18(17)21/h3-11H,1-2H3,(H,24,26)/b23-11+. The van der Waals surface area contributed by atoms with E-state index in [0.29, 0.717) is 15.6 Å². The van der Waals surface area contributed by atoms with Gasteiger partial charge in [0.25, 0.3) is 5.91 Å². The molecule has 0 spiro atoms. The summed E-state index contributed by atoms with van der Waals surface area (Å²) < 4.78 is 2.00. The highest BCUT2D eigenvalue weighted by Crippen LogP contribution is 2.31. The number of nitrogens with one attached hydrogen (secondary N) is 1. The SMILES string of the molecule is Cc1cc(/C=N/NC(=O)c2ccncc2)c(C)n1-c1cccc(Cl)c1Cl. The third-order valence-electron chi connectivity index (χ3n) is 3.95. The lowest BCUT2D eigenvalue weighted by atomic mass is 10.2. The fourth-order valence-corrected chi connectivity index (χ4v) is 3.06. The zero-order valence-corrected chi connectivity index (χ0v) is 15.7. The minimum atomic E-state index is -0.296. The van der Waals surface area contributed by atoms with Gasteiger partial charge in [0.1, 0.15) is 0 Å². The lowest BCUT2D eigenvalue weighted by Gasteiger charge is -2.12. The molecule has 1 amide bonds. The second-order valence-electron chi connectivity index (χ2n) is 5.67. The van der Waals surface area contributed by atoms with E-state index in [0.717, 1.165) is 22.6 Å². The van der Waals surface area contributed by atoms with E-state index in [4.69, 9.17) is 23.2 Å². The Morgan fingerprint density at radius 1 is 1.19 bits per heavy atom. The number of halogens is 2. The maximum atomic E-state index is 12.0. The fourth-order valence-electron chi connectivity index (χ4n) is 2.68. The van der Waals surface area contributed by atoms with Crippen molar-refractivity contribution in [3.8, 4) is 5.69 Å². The number of rotatable bonds is 4. The lowest BCUT2D eigenvalue weighted by Crippen LogP contribution is -2.17. The van der Waals surface area contributed by atoms with Crippen molar-refractivity contribution >= 4 is 35.3 Å². The molecule has 0 aliphatic carbocycles. The molecule has 132 valence electrons. The molecule has 0 aliphatic rings. The second-order valence-corrected chi connectivity index (χ2v) is 6.46. The summed E-state index contributed by atoms with van der Waals surface area (Å²) in [5.74, 6) is -0.296. The van der Waals surface area contributed by atoms with E-state index in [9.17, 15) is 4.79 Å². The van der Waals surface area contributed by atoms with Gasteiger partial charge in [-0.2, -0.15) is 5.10 Å². The van der Waals surface area contributed by atoms with Crippen LogP contribution in [0.25, 0.3) is 5.69 Å². The van der Waals surface area contributed by atoms with Crippen LogP contribution in [0.1, 0.15) is 27.3 Å². The van der Waals surface area contributed by atoms with Crippen molar-refractivity contribution in [2.75, 3.05) is 0 Å². The van der Waals surface area contributed by atoms with Crippen LogP contribution >= 0.6 is 23.2 Å². The first-order valence-electron chi connectivity index (χ1n) is 7.86. The van der Waals surface area contributed by atoms with E-state index in [-0.39, 0.29) is 5.91 Å². The number of aromatic nitrogens is 2. The number of hydrogen-bond donors (Lipinski definition) is 1. The minimum absolute atomic E-state index is 0.296. The Morgan fingerprint density at radius 3 is 2.65 bits per heavy atom. The van der Waals surface area contributed by atoms with E-state index in [2.05, 4.69) is 15.5 Å². The second kappa shape index (κ2) is 7.72. The highest BCUT2D eigenvalue weighted by atomic mass is 35.5. The Bertz CT molecular complexity index is 981. The van der Waals surface area contributed by atoms with Gasteiger partial charge >= 0.3 is 0 Å². The molecular weight excluding hydrogens is 371 g/mol. The van der Waals surface area contributed by atoms with Gasteiger partial charge in [-0.15, -0.1) is 0 Å². The summed E-state index contributed by atoms with van der Waals surface area (Å²) in [6, 6.07) is 10.7. The predicted molar refractivity (Wildman–Crippen MR) is 105 cm³/mol. The number of amides is 1. The quantitative estimate of drug-likeness (QED) is 0.527. The van der Waals surface area contributed by atoms with Crippen molar-refractivity contribution in [1.82, 2.24) is 15.0 Å². The Balaban J connectivity index is 1.84. The number of hydrazone groups is 1. The van der Waals surface area contributed by atoms with Crippen LogP contribution in [0.5, 0.6) is 0 Å². The maximum Gasteiger partial charge on any atom is 0.271 e. The summed E-state index contributed by atoms with van der Waals surface area (Å²) in [5.41, 5.74) is 6.59. The molecule has 2 aromatic heterocycles. The van der Waals surface area contributed by atoms with E-state index in [1.807, 2.05) is 36.6 Å². The molecular formula is C19H16Cl2N4O. The number of benzene rings is 1. The van der Waals surface area contributed by atoms with Gasteiger partial charge in [-0.25, -0.2) is 5.43 Å². The number of carbonyl (C=O) groups is 1. The van der Waals surface area contributed by atoms with Crippen LogP contribution in [0.3, 0.4) is 0 Å². The van der Waals surface area contributed by atoms with Crippen LogP contribution in [-0.2, 0) is 0 Å². The first-order chi connectivity index (χ1) is 12.5. The molecule has 3 rings (SSSR count). The Morgan fingerprint density at radius 2 is 1.92 bits per heavy atom. The fraction of sp³-hybridized carbons (Fsp3) is 0.105. The maximum absolute atomic E-state index is 12.0. The predicted octanol–water partition coefficient (Wildman–Crippen LogP) is 4.56. The van der Waals surface area contributed by atoms with Crippen LogP contribution < -0.4 is 5.43 Å². The third-order valence-corrected chi connectivity index (χ3v) is 4.76. The van der Waals surface area contributed by atoms with Gasteiger partial charge < -0.3 is 4.57 Å². The number of nitrogens with zero attached hydrogens (tertiary/aromatic N) is 3. The topological polar surface area (TPSA) is 59.3 Å². The molecule has 0 bridgehead atoms. The first-order valence-corrected chi connectivity index (χ1v) is 8.61. The molecule has 0 unspecified atom stereocenters. The zero-order valence-electron chi connectivity index (χ0n) is 14.2. The monoisotopic (exact) mass is 386 g/mol. The van der Waals surface area contributed by atoms with Crippen molar-refractivity contribution < 1.29 is 4.79 Å². The van der Waals surface area contributed by atoms with Crippen molar-refractivity contribution in [2.24, 2.45) is 5.10 Å². The highest BCUT2D eigenvalue weighted by molar-refractivity contribution is 6.43. The van der Waals surface area contributed by atoms with Gasteiger partial charge in [0.15, 0.2) is 0 Å². The van der Waals surface area contributed by atoms with E-state index >= 15 is 0 Å².